The fraction of sp³-hybridized carbons (Fsp3) is 0.500. The Labute approximate surface area is 117 Å². The maximum Gasteiger partial charge on any atom is 0.340 e. The van der Waals surface area contributed by atoms with Crippen molar-refractivity contribution >= 4 is 17.0 Å². The number of hydrogen-bond donors (Lipinski definition) is 1. The molecule has 2 atom stereocenters. The van der Waals surface area contributed by atoms with Crippen LogP contribution in [0.15, 0.2) is 18.2 Å². The Balaban J connectivity index is 1.74. The van der Waals surface area contributed by atoms with Crippen molar-refractivity contribution in [2.75, 3.05) is 7.11 Å². The summed E-state index contributed by atoms with van der Waals surface area (Å²) in [4.78, 5) is 19.9. The molecule has 2 unspecified atom stereocenters. The van der Waals surface area contributed by atoms with Gasteiger partial charge in [0.2, 0.25) is 0 Å². The number of methoxy groups -OCH3 is 1. The van der Waals surface area contributed by atoms with Gasteiger partial charge in [-0.3, -0.25) is 0 Å². The van der Waals surface area contributed by atoms with Crippen LogP contribution in [0.4, 0.5) is 0 Å². The van der Waals surface area contributed by atoms with Crippen molar-refractivity contribution in [3.05, 3.63) is 29.6 Å². The highest BCUT2D eigenvalue weighted by molar-refractivity contribution is 6.01. The van der Waals surface area contributed by atoms with Crippen molar-refractivity contribution in [2.45, 2.75) is 31.6 Å². The molecule has 4 nitrogen and oxygen atoms in total. The van der Waals surface area contributed by atoms with Gasteiger partial charge in [-0.05, 0) is 36.8 Å². The van der Waals surface area contributed by atoms with Gasteiger partial charge in [0.15, 0.2) is 0 Å². The lowest BCUT2D eigenvalue weighted by Crippen LogP contribution is -2.01. The molecule has 2 fully saturated rings. The van der Waals surface area contributed by atoms with Crippen LogP contribution in [0.2, 0.25) is 0 Å². The minimum absolute atomic E-state index is 0.318. The van der Waals surface area contributed by atoms with Crippen LogP contribution in [0, 0.1) is 11.8 Å². The summed E-state index contributed by atoms with van der Waals surface area (Å²) in [5.74, 6) is 2.95. The van der Waals surface area contributed by atoms with E-state index >= 15 is 0 Å². The fourth-order valence-corrected chi connectivity index (χ4v) is 3.88. The SMILES string of the molecule is COC(=O)c1cccc2[nH]c(C3C4CCCCC43)nc12. The molecule has 104 valence electrons. The molecule has 20 heavy (non-hydrogen) atoms. The van der Waals surface area contributed by atoms with E-state index in [-0.39, 0.29) is 5.97 Å². The third kappa shape index (κ3) is 1.67. The Morgan fingerprint density at radius 3 is 2.75 bits per heavy atom. The predicted molar refractivity (Wildman–Crippen MR) is 75.6 cm³/mol. The normalized spacial score (nSPS) is 28.1. The van der Waals surface area contributed by atoms with Crippen molar-refractivity contribution in [3.63, 3.8) is 0 Å². The Bertz CT molecular complexity index is 664. The first-order chi connectivity index (χ1) is 9.79. The first-order valence-electron chi connectivity index (χ1n) is 7.36. The first-order valence-corrected chi connectivity index (χ1v) is 7.36. The van der Waals surface area contributed by atoms with E-state index in [1.54, 1.807) is 6.07 Å². The van der Waals surface area contributed by atoms with Gasteiger partial charge in [-0.15, -0.1) is 0 Å². The predicted octanol–water partition coefficient (Wildman–Crippen LogP) is 3.25. The fourth-order valence-electron chi connectivity index (χ4n) is 3.88. The maximum atomic E-state index is 11.8. The number of aromatic amines is 1. The summed E-state index contributed by atoms with van der Waals surface area (Å²) in [7, 11) is 1.41. The Morgan fingerprint density at radius 2 is 2.05 bits per heavy atom. The molecule has 0 bridgehead atoms. The van der Waals surface area contributed by atoms with Crippen LogP contribution in [-0.4, -0.2) is 23.0 Å². The third-order valence-electron chi connectivity index (χ3n) is 4.91. The van der Waals surface area contributed by atoms with Gasteiger partial charge in [0.1, 0.15) is 11.3 Å². The van der Waals surface area contributed by atoms with Crippen molar-refractivity contribution in [3.8, 4) is 0 Å². The van der Waals surface area contributed by atoms with Gasteiger partial charge >= 0.3 is 5.97 Å². The summed E-state index contributed by atoms with van der Waals surface area (Å²) in [6.45, 7) is 0. The molecule has 0 aliphatic heterocycles. The number of nitrogens with one attached hydrogen (secondary N) is 1. The van der Waals surface area contributed by atoms with E-state index in [4.69, 9.17) is 9.72 Å². The highest BCUT2D eigenvalue weighted by Crippen LogP contribution is 2.60. The summed E-state index contributed by atoms with van der Waals surface area (Å²) in [5.41, 5.74) is 2.24. The van der Waals surface area contributed by atoms with Gasteiger partial charge in [-0.2, -0.15) is 0 Å². The number of para-hydroxylation sites is 1. The zero-order valence-corrected chi connectivity index (χ0v) is 11.6. The van der Waals surface area contributed by atoms with E-state index in [1.807, 2.05) is 12.1 Å². The second kappa shape index (κ2) is 4.33. The first kappa shape index (κ1) is 11.9. The number of ether oxygens (including phenoxy) is 1. The number of fused-ring (bicyclic) bond motifs is 2. The molecule has 1 N–H and O–H groups in total. The number of aromatic nitrogens is 2. The van der Waals surface area contributed by atoms with E-state index in [0.29, 0.717) is 11.5 Å². The molecular weight excluding hydrogens is 252 g/mol. The zero-order chi connectivity index (χ0) is 13.7. The van der Waals surface area contributed by atoms with Crippen molar-refractivity contribution in [1.82, 2.24) is 9.97 Å². The molecule has 2 aliphatic rings. The molecule has 1 heterocycles. The van der Waals surface area contributed by atoms with Crippen LogP contribution >= 0.6 is 0 Å². The summed E-state index contributed by atoms with van der Waals surface area (Å²) in [6.07, 6.45) is 5.36. The van der Waals surface area contributed by atoms with Gasteiger partial charge in [0.25, 0.3) is 0 Å². The summed E-state index contributed by atoms with van der Waals surface area (Å²) < 4.78 is 4.83. The van der Waals surface area contributed by atoms with Crippen molar-refractivity contribution < 1.29 is 9.53 Å². The number of carbonyl (C=O) groups is 1. The molecule has 0 amide bonds. The molecule has 2 saturated carbocycles. The van der Waals surface area contributed by atoms with Crippen LogP contribution in [0.3, 0.4) is 0 Å². The standard InChI is InChI=1S/C16H18N2O2/c1-20-16(19)11-7-4-8-12-14(11)18-15(17-12)13-9-5-2-3-6-10(9)13/h4,7-10,13H,2-3,5-6H2,1H3,(H,17,18). The number of esters is 1. The number of imidazole rings is 1. The molecule has 0 radical (unpaired) electrons. The van der Waals surface area contributed by atoms with Crippen LogP contribution in [0.1, 0.15) is 47.8 Å². The van der Waals surface area contributed by atoms with Gasteiger partial charge in [0, 0.05) is 5.92 Å². The van der Waals surface area contributed by atoms with E-state index in [9.17, 15) is 4.79 Å². The minimum Gasteiger partial charge on any atom is -0.465 e. The molecule has 1 aromatic carbocycles. The van der Waals surface area contributed by atoms with Crippen LogP contribution in [0.5, 0.6) is 0 Å². The lowest BCUT2D eigenvalue weighted by atomic mass is 10.0. The lowest BCUT2D eigenvalue weighted by Gasteiger charge is -2.04. The van der Waals surface area contributed by atoms with Crippen molar-refractivity contribution in [2.24, 2.45) is 11.8 Å². The number of benzene rings is 1. The Hall–Kier alpha value is -1.84. The number of nitrogens with zero attached hydrogens (tertiary/aromatic N) is 1. The van der Waals surface area contributed by atoms with Crippen LogP contribution in [-0.2, 0) is 4.74 Å². The highest BCUT2D eigenvalue weighted by atomic mass is 16.5. The van der Waals surface area contributed by atoms with Crippen LogP contribution in [0.25, 0.3) is 11.0 Å². The summed E-state index contributed by atoms with van der Waals surface area (Å²) in [6, 6.07) is 5.62. The molecule has 0 saturated heterocycles. The van der Waals surface area contributed by atoms with Gasteiger partial charge in [-0.25, -0.2) is 9.78 Å². The molecule has 4 heteroatoms. The topological polar surface area (TPSA) is 55.0 Å². The Morgan fingerprint density at radius 1 is 1.30 bits per heavy atom. The second-order valence-corrected chi connectivity index (χ2v) is 5.95. The average Bonchev–Trinajstić information content (AvgIpc) is 3.06. The van der Waals surface area contributed by atoms with E-state index < -0.39 is 0 Å². The highest BCUT2D eigenvalue weighted by Gasteiger charge is 2.52. The van der Waals surface area contributed by atoms with Gasteiger partial charge in [-0.1, -0.05) is 18.9 Å². The monoisotopic (exact) mass is 270 g/mol. The smallest absolute Gasteiger partial charge is 0.340 e. The quantitative estimate of drug-likeness (QED) is 0.852. The maximum absolute atomic E-state index is 11.8. The lowest BCUT2D eigenvalue weighted by molar-refractivity contribution is 0.0603. The largest absolute Gasteiger partial charge is 0.465 e. The summed E-state index contributed by atoms with van der Waals surface area (Å²) >= 11 is 0. The molecule has 0 spiro atoms. The molecule has 2 aromatic rings. The molecule has 4 rings (SSSR count). The number of hydrogen-bond acceptors (Lipinski definition) is 3. The van der Waals surface area contributed by atoms with E-state index in [1.165, 1.54) is 32.8 Å². The zero-order valence-electron chi connectivity index (χ0n) is 11.6. The van der Waals surface area contributed by atoms with Gasteiger partial charge < -0.3 is 9.72 Å². The summed E-state index contributed by atoms with van der Waals surface area (Å²) in [5, 5.41) is 0. The average molecular weight is 270 g/mol. The minimum atomic E-state index is -0.318. The van der Waals surface area contributed by atoms with E-state index in [2.05, 4.69) is 4.98 Å². The third-order valence-corrected chi connectivity index (χ3v) is 4.91. The molecule has 1 aromatic heterocycles. The van der Waals surface area contributed by atoms with E-state index in [0.717, 1.165) is 28.7 Å². The second-order valence-electron chi connectivity index (χ2n) is 5.95. The van der Waals surface area contributed by atoms with Gasteiger partial charge in [0.05, 0.1) is 18.2 Å². The van der Waals surface area contributed by atoms with Crippen molar-refractivity contribution in [1.29, 1.82) is 0 Å². The molecular formula is C16H18N2O2. The molecule has 2 aliphatic carbocycles. The van der Waals surface area contributed by atoms with Crippen LogP contribution < -0.4 is 0 Å². The number of H-pyrrole nitrogens is 1. The number of carbonyl (C=O) groups excluding carboxylic acids is 1. The Kier molecular flexibility index (Phi) is 2.59. The number of rotatable bonds is 2.